The first kappa shape index (κ1) is 19.2. The molecule has 0 bridgehead atoms. The van der Waals surface area contributed by atoms with Crippen LogP contribution in [0.25, 0.3) is 11.3 Å². The second-order valence-electron chi connectivity index (χ2n) is 6.11. The standard InChI is InChI=1S/C18H19F2N3O3S/c1-2-26-18(25)23-8-4-5-11(9-23)16(24)22-17-21-14(10-27-17)15-12(19)6-3-7-13(15)20/h3,6-7,10-11H,2,4-5,8-9H2,1H3,(H,21,22,24). The zero-order valence-electron chi connectivity index (χ0n) is 14.7. The fourth-order valence-electron chi connectivity index (χ4n) is 2.97. The molecule has 6 nitrogen and oxygen atoms in total. The summed E-state index contributed by atoms with van der Waals surface area (Å²) in [6, 6.07) is 3.59. The minimum Gasteiger partial charge on any atom is -0.450 e. The molecule has 2 amide bonds. The van der Waals surface area contributed by atoms with Gasteiger partial charge in [0.15, 0.2) is 5.13 Å². The summed E-state index contributed by atoms with van der Waals surface area (Å²) in [5.74, 6) is -2.09. The van der Waals surface area contributed by atoms with E-state index in [4.69, 9.17) is 4.74 Å². The largest absolute Gasteiger partial charge is 0.450 e. The second kappa shape index (κ2) is 8.43. The molecule has 1 fully saturated rings. The van der Waals surface area contributed by atoms with E-state index in [2.05, 4.69) is 10.3 Å². The quantitative estimate of drug-likeness (QED) is 0.852. The van der Waals surface area contributed by atoms with Gasteiger partial charge in [0.05, 0.1) is 23.8 Å². The van der Waals surface area contributed by atoms with Gasteiger partial charge in [0.2, 0.25) is 5.91 Å². The number of carbonyl (C=O) groups is 2. The van der Waals surface area contributed by atoms with E-state index in [0.717, 1.165) is 23.5 Å². The van der Waals surface area contributed by atoms with Crippen LogP contribution in [0.1, 0.15) is 19.8 Å². The third-order valence-corrected chi connectivity index (χ3v) is 5.03. The Balaban J connectivity index is 1.67. The number of hydrogen-bond donors (Lipinski definition) is 1. The second-order valence-corrected chi connectivity index (χ2v) is 6.97. The molecular weight excluding hydrogens is 376 g/mol. The van der Waals surface area contributed by atoms with Gasteiger partial charge in [0.25, 0.3) is 0 Å². The molecule has 1 aromatic carbocycles. The Labute approximate surface area is 159 Å². The minimum atomic E-state index is -0.712. The summed E-state index contributed by atoms with van der Waals surface area (Å²) < 4.78 is 32.7. The molecule has 1 aromatic heterocycles. The van der Waals surface area contributed by atoms with Gasteiger partial charge < -0.3 is 15.0 Å². The molecule has 1 atom stereocenters. The Kier molecular flexibility index (Phi) is 6.00. The number of nitrogens with zero attached hydrogens (tertiary/aromatic N) is 2. The van der Waals surface area contributed by atoms with Crippen LogP contribution in [0.3, 0.4) is 0 Å². The van der Waals surface area contributed by atoms with Crippen LogP contribution in [0, 0.1) is 17.6 Å². The molecule has 1 N–H and O–H groups in total. The number of carbonyl (C=O) groups excluding carboxylic acids is 2. The van der Waals surface area contributed by atoms with Gasteiger partial charge in [0, 0.05) is 18.5 Å². The van der Waals surface area contributed by atoms with Crippen LogP contribution >= 0.6 is 11.3 Å². The zero-order chi connectivity index (χ0) is 19.4. The van der Waals surface area contributed by atoms with Gasteiger partial charge in [0.1, 0.15) is 11.6 Å². The molecule has 2 aromatic rings. The Morgan fingerprint density at radius 3 is 2.81 bits per heavy atom. The molecule has 27 heavy (non-hydrogen) atoms. The van der Waals surface area contributed by atoms with Crippen LogP contribution in [0.2, 0.25) is 0 Å². The molecule has 1 unspecified atom stereocenters. The minimum absolute atomic E-state index is 0.127. The highest BCUT2D eigenvalue weighted by Crippen LogP contribution is 2.29. The van der Waals surface area contributed by atoms with Crippen molar-refractivity contribution in [2.45, 2.75) is 19.8 Å². The Morgan fingerprint density at radius 1 is 1.37 bits per heavy atom. The van der Waals surface area contributed by atoms with Gasteiger partial charge in [-0.2, -0.15) is 0 Å². The van der Waals surface area contributed by atoms with Crippen molar-refractivity contribution >= 4 is 28.5 Å². The van der Waals surface area contributed by atoms with Gasteiger partial charge in [-0.05, 0) is 31.9 Å². The number of piperidine rings is 1. The summed E-state index contributed by atoms with van der Waals surface area (Å²) >= 11 is 1.09. The first-order valence-electron chi connectivity index (χ1n) is 8.62. The number of thiazole rings is 1. The molecule has 0 spiro atoms. The zero-order valence-corrected chi connectivity index (χ0v) is 15.5. The van der Waals surface area contributed by atoms with Crippen LogP contribution in [0.15, 0.2) is 23.6 Å². The lowest BCUT2D eigenvalue weighted by molar-refractivity contribution is -0.121. The molecule has 0 radical (unpaired) electrons. The highest BCUT2D eigenvalue weighted by atomic mass is 32.1. The van der Waals surface area contributed by atoms with E-state index >= 15 is 0 Å². The number of ether oxygens (including phenoxy) is 1. The van der Waals surface area contributed by atoms with Crippen LogP contribution < -0.4 is 5.32 Å². The molecule has 0 aliphatic carbocycles. The van der Waals surface area contributed by atoms with E-state index in [9.17, 15) is 18.4 Å². The molecule has 1 saturated heterocycles. The topological polar surface area (TPSA) is 71.5 Å². The molecule has 2 heterocycles. The van der Waals surface area contributed by atoms with Crippen LogP contribution in [-0.4, -0.2) is 41.6 Å². The number of anilines is 1. The lowest BCUT2D eigenvalue weighted by Crippen LogP contribution is -2.44. The number of likely N-dealkylation sites (tertiary alicyclic amines) is 1. The molecule has 144 valence electrons. The monoisotopic (exact) mass is 395 g/mol. The van der Waals surface area contributed by atoms with E-state index < -0.39 is 17.7 Å². The van der Waals surface area contributed by atoms with Crippen molar-refractivity contribution in [2.24, 2.45) is 5.92 Å². The number of rotatable bonds is 4. The highest BCUT2D eigenvalue weighted by molar-refractivity contribution is 7.14. The lowest BCUT2D eigenvalue weighted by Gasteiger charge is -2.30. The number of benzene rings is 1. The highest BCUT2D eigenvalue weighted by Gasteiger charge is 2.29. The first-order chi connectivity index (χ1) is 13.0. The summed E-state index contributed by atoms with van der Waals surface area (Å²) in [5.41, 5.74) is -0.0944. The molecule has 0 saturated carbocycles. The van der Waals surface area contributed by atoms with Crippen molar-refractivity contribution in [3.8, 4) is 11.3 Å². The lowest BCUT2D eigenvalue weighted by atomic mass is 9.97. The van der Waals surface area contributed by atoms with Crippen molar-refractivity contribution < 1.29 is 23.1 Å². The molecule has 1 aliphatic heterocycles. The third kappa shape index (κ3) is 4.41. The average molecular weight is 395 g/mol. The van der Waals surface area contributed by atoms with Crippen molar-refractivity contribution in [3.05, 3.63) is 35.2 Å². The van der Waals surface area contributed by atoms with E-state index in [1.807, 2.05) is 0 Å². The SMILES string of the molecule is CCOC(=O)N1CCCC(C(=O)Nc2nc(-c3c(F)cccc3F)cs2)C1. The summed E-state index contributed by atoms with van der Waals surface area (Å²) in [6.07, 6.45) is 0.907. The normalized spacial score (nSPS) is 16.9. The van der Waals surface area contributed by atoms with Crippen molar-refractivity contribution in [1.82, 2.24) is 9.88 Å². The molecular formula is C18H19F2N3O3S. The van der Waals surface area contributed by atoms with E-state index in [1.165, 1.54) is 16.3 Å². The Hall–Kier alpha value is -2.55. The van der Waals surface area contributed by atoms with Crippen molar-refractivity contribution in [2.75, 3.05) is 25.0 Å². The van der Waals surface area contributed by atoms with Gasteiger partial charge in [-0.25, -0.2) is 18.6 Å². The van der Waals surface area contributed by atoms with Gasteiger partial charge in [-0.1, -0.05) is 6.07 Å². The third-order valence-electron chi connectivity index (χ3n) is 4.27. The average Bonchev–Trinajstić information content (AvgIpc) is 3.10. The Bertz CT molecular complexity index is 823. The van der Waals surface area contributed by atoms with E-state index in [-0.39, 0.29) is 41.4 Å². The van der Waals surface area contributed by atoms with Crippen LogP contribution in [-0.2, 0) is 9.53 Å². The molecule has 1 aliphatic rings. The fourth-order valence-corrected chi connectivity index (χ4v) is 3.67. The fraction of sp³-hybridized carbons (Fsp3) is 0.389. The smallest absolute Gasteiger partial charge is 0.409 e. The maximum absolute atomic E-state index is 13.9. The predicted octanol–water partition coefficient (Wildman–Crippen LogP) is 3.90. The van der Waals surface area contributed by atoms with Crippen molar-refractivity contribution in [3.63, 3.8) is 0 Å². The summed E-state index contributed by atoms with van der Waals surface area (Å²) in [4.78, 5) is 30.0. The van der Waals surface area contributed by atoms with Gasteiger partial charge >= 0.3 is 6.09 Å². The maximum Gasteiger partial charge on any atom is 0.409 e. The maximum atomic E-state index is 13.9. The Morgan fingerprint density at radius 2 is 2.11 bits per heavy atom. The van der Waals surface area contributed by atoms with Crippen LogP contribution in [0.5, 0.6) is 0 Å². The number of amides is 2. The van der Waals surface area contributed by atoms with E-state index in [1.54, 1.807) is 6.92 Å². The summed E-state index contributed by atoms with van der Waals surface area (Å²) in [5, 5.41) is 4.42. The predicted molar refractivity (Wildman–Crippen MR) is 97.4 cm³/mol. The molecule has 9 heteroatoms. The van der Waals surface area contributed by atoms with Crippen LogP contribution in [0.4, 0.5) is 18.7 Å². The van der Waals surface area contributed by atoms with Crippen molar-refractivity contribution in [1.29, 1.82) is 0 Å². The van der Waals surface area contributed by atoms with Gasteiger partial charge in [-0.3, -0.25) is 4.79 Å². The number of hydrogen-bond acceptors (Lipinski definition) is 5. The number of aromatic nitrogens is 1. The van der Waals surface area contributed by atoms with Gasteiger partial charge in [-0.15, -0.1) is 11.3 Å². The summed E-state index contributed by atoms with van der Waals surface area (Å²) in [7, 11) is 0. The summed E-state index contributed by atoms with van der Waals surface area (Å²) in [6.45, 7) is 2.83. The number of halogens is 2. The first-order valence-corrected chi connectivity index (χ1v) is 9.50. The number of nitrogens with one attached hydrogen (secondary N) is 1. The van der Waals surface area contributed by atoms with E-state index in [0.29, 0.717) is 19.4 Å². The molecule has 3 rings (SSSR count).